The summed E-state index contributed by atoms with van der Waals surface area (Å²) in [6, 6.07) is -0.0298. The summed E-state index contributed by atoms with van der Waals surface area (Å²) in [7, 11) is -2.10. The smallest absolute Gasteiger partial charge is 0.268 e. The van der Waals surface area contributed by atoms with Gasteiger partial charge in [-0.1, -0.05) is 0 Å². The van der Waals surface area contributed by atoms with Gasteiger partial charge in [-0.05, 0) is 25.6 Å². The Bertz CT molecular complexity index is 62.3. The lowest BCUT2D eigenvalue weighted by Crippen LogP contribution is -2.14. The van der Waals surface area contributed by atoms with Crippen LogP contribution in [0.3, 0.4) is 0 Å². The van der Waals surface area contributed by atoms with Gasteiger partial charge in [0.2, 0.25) is 0 Å². The molecule has 8 heavy (non-hydrogen) atoms. The Morgan fingerprint density at radius 3 is 1.88 bits per heavy atom. The molecule has 0 aliphatic carbocycles. The van der Waals surface area contributed by atoms with Crippen LogP contribution in [0.2, 0.25) is 0 Å². The lowest BCUT2D eigenvalue weighted by Gasteiger charge is -2.16. The van der Waals surface area contributed by atoms with Crippen LogP contribution in [-0.2, 0) is 0 Å². The summed E-state index contributed by atoms with van der Waals surface area (Å²) in [5, 5.41) is 0. The molecule has 0 aliphatic rings. The molecule has 0 saturated carbocycles. The van der Waals surface area contributed by atoms with Crippen molar-refractivity contribution < 1.29 is 9.79 Å². The standard InChI is InChI=1S/C3H9ClNO2P/c1-3(2)5(4)8(6)7/h3,6-7H,1-2H3. The molecule has 0 heterocycles. The Balaban J connectivity index is 3.46. The van der Waals surface area contributed by atoms with Gasteiger partial charge >= 0.3 is 0 Å². The average molecular weight is 158 g/mol. The van der Waals surface area contributed by atoms with Crippen LogP contribution in [0.1, 0.15) is 13.8 Å². The van der Waals surface area contributed by atoms with Gasteiger partial charge in [0.15, 0.2) is 0 Å². The molecule has 0 aromatic heterocycles. The summed E-state index contributed by atoms with van der Waals surface area (Å²) in [4.78, 5) is 16.8. The molecule has 50 valence electrons. The van der Waals surface area contributed by atoms with Crippen LogP contribution in [-0.4, -0.2) is 20.0 Å². The van der Waals surface area contributed by atoms with Gasteiger partial charge in [0.25, 0.3) is 8.53 Å². The predicted octanol–water partition coefficient (Wildman–Crippen LogP) is 1.06. The minimum atomic E-state index is -2.10. The molecule has 2 N–H and O–H groups in total. The fourth-order valence-electron chi connectivity index (χ4n) is 0.207. The van der Waals surface area contributed by atoms with E-state index in [1.807, 2.05) is 0 Å². The van der Waals surface area contributed by atoms with Gasteiger partial charge in [-0.2, -0.15) is 0 Å². The van der Waals surface area contributed by atoms with E-state index in [1.54, 1.807) is 13.8 Å². The molecular weight excluding hydrogens is 148 g/mol. The second-order valence-electron chi connectivity index (χ2n) is 1.65. The number of hydrogen-bond donors (Lipinski definition) is 2. The van der Waals surface area contributed by atoms with Crippen LogP contribution in [0.15, 0.2) is 0 Å². The fourth-order valence-corrected chi connectivity index (χ4v) is 0.620. The minimum Gasteiger partial charge on any atom is -0.337 e. The molecule has 0 radical (unpaired) electrons. The minimum absolute atomic E-state index is 0.0298. The number of halogens is 1. The first-order valence-corrected chi connectivity index (χ1v) is 3.72. The van der Waals surface area contributed by atoms with Gasteiger partial charge < -0.3 is 9.79 Å². The summed E-state index contributed by atoms with van der Waals surface area (Å²) >= 11 is 5.31. The zero-order valence-corrected chi connectivity index (χ0v) is 6.39. The topological polar surface area (TPSA) is 43.7 Å². The van der Waals surface area contributed by atoms with Crippen molar-refractivity contribution in [1.82, 2.24) is 4.19 Å². The van der Waals surface area contributed by atoms with Gasteiger partial charge in [-0.15, -0.1) is 4.19 Å². The van der Waals surface area contributed by atoms with Crippen LogP contribution in [0.4, 0.5) is 0 Å². The van der Waals surface area contributed by atoms with Crippen molar-refractivity contribution in [1.29, 1.82) is 0 Å². The summed E-state index contributed by atoms with van der Waals surface area (Å²) in [6.07, 6.45) is 0. The second kappa shape index (κ2) is 3.59. The zero-order valence-electron chi connectivity index (χ0n) is 4.74. The number of rotatable bonds is 2. The molecule has 0 aromatic rings. The van der Waals surface area contributed by atoms with E-state index in [0.29, 0.717) is 0 Å². The lowest BCUT2D eigenvalue weighted by molar-refractivity contribution is 0.397. The highest BCUT2D eigenvalue weighted by Crippen LogP contribution is 2.33. The number of hydrogen-bond acceptors (Lipinski definition) is 3. The SMILES string of the molecule is CC(C)N(Cl)P(O)O. The van der Waals surface area contributed by atoms with Crippen LogP contribution in [0.5, 0.6) is 0 Å². The highest BCUT2D eigenvalue weighted by atomic mass is 35.5. The maximum absolute atomic E-state index is 8.41. The van der Waals surface area contributed by atoms with E-state index in [0.717, 1.165) is 4.19 Å². The normalized spacial score (nSPS) is 12.0. The summed E-state index contributed by atoms with van der Waals surface area (Å²) < 4.78 is 0.981. The first-order chi connectivity index (χ1) is 3.55. The molecule has 0 saturated heterocycles. The first-order valence-electron chi connectivity index (χ1n) is 2.18. The summed E-state index contributed by atoms with van der Waals surface area (Å²) in [5.74, 6) is 0. The molecule has 3 nitrogen and oxygen atoms in total. The molecule has 0 spiro atoms. The molecular formula is C3H9ClNO2P. The Morgan fingerprint density at radius 1 is 1.50 bits per heavy atom. The zero-order chi connectivity index (χ0) is 6.73. The van der Waals surface area contributed by atoms with Crippen molar-refractivity contribution in [3.05, 3.63) is 0 Å². The number of nitrogens with zero attached hydrogens (tertiary/aromatic N) is 1. The molecule has 0 aliphatic heterocycles. The molecule has 0 atom stereocenters. The van der Waals surface area contributed by atoms with Crippen molar-refractivity contribution >= 4 is 20.3 Å². The lowest BCUT2D eigenvalue weighted by atomic mass is 10.4. The molecule has 0 fully saturated rings. The fraction of sp³-hybridized carbons (Fsp3) is 1.00. The highest BCUT2D eigenvalue weighted by Gasteiger charge is 2.13. The Labute approximate surface area is 55.0 Å². The Kier molecular flexibility index (Phi) is 3.86. The van der Waals surface area contributed by atoms with Crippen LogP contribution in [0, 0.1) is 0 Å². The molecule has 5 heteroatoms. The average Bonchev–Trinajstić information content (AvgIpc) is 1.64. The van der Waals surface area contributed by atoms with Crippen molar-refractivity contribution in [2.75, 3.05) is 0 Å². The van der Waals surface area contributed by atoms with E-state index >= 15 is 0 Å². The summed E-state index contributed by atoms with van der Waals surface area (Å²) in [6.45, 7) is 3.55. The van der Waals surface area contributed by atoms with E-state index in [1.165, 1.54) is 0 Å². The van der Waals surface area contributed by atoms with E-state index in [-0.39, 0.29) is 6.04 Å². The van der Waals surface area contributed by atoms with Crippen molar-refractivity contribution in [2.45, 2.75) is 19.9 Å². The largest absolute Gasteiger partial charge is 0.337 e. The molecule has 0 aromatic carbocycles. The van der Waals surface area contributed by atoms with Crippen LogP contribution >= 0.6 is 20.3 Å². The van der Waals surface area contributed by atoms with Gasteiger partial charge in [0.05, 0.1) is 0 Å². The van der Waals surface area contributed by atoms with Gasteiger partial charge in [-0.3, -0.25) is 0 Å². The highest BCUT2D eigenvalue weighted by molar-refractivity contribution is 7.43. The van der Waals surface area contributed by atoms with Gasteiger partial charge in [0.1, 0.15) is 0 Å². The van der Waals surface area contributed by atoms with Crippen molar-refractivity contribution in [3.8, 4) is 0 Å². The monoisotopic (exact) mass is 157 g/mol. The van der Waals surface area contributed by atoms with Crippen LogP contribution in [0.25, 0.3) is 0 Å². The maximum Gasteiger partial charge on any atom is 0.268 e. The van der Waals surface area contributed by atoms with E-state index in [9.17, 15) is 0 Å². The van der Waals surface area contributed by atoms with E-state index in [4.69, 9.17) is 21.6 Å². The van der Waals surface area contributed by atoms with Crippen molar-refractivity contribution in [3.63, 3.8) is 0 Å². The molecule has 0 amide bonds. The van der Waals surface area contributed by atoms with E-state index in [2.05, 4.69) is 0 Å². The van der Waals surface area contributed by atoms with E-state index < -0.39 is 8.53 Å². The molecule has 0 rings (SSSR count). The Morgan fingerprint density at radius 2 is 1.88 bits per heavy atom. The predicted molar refractivity (Wildman–Crippen MR) is 34.2 cm³/mol. The second-order valence-corrected chi connectivity index (χ2v) is 3.22. The quantitative estimate of drug-likeness (QED) is 0.465. The van der Waals surface area contributed by atoms with Crippen molar-refractivity contribution in [2.24, 2.45) is 0 Å². The third kappa shape index (κ3) is 2.80. The Hall–Kier alpha value is 0.600. The van der Waals surface area contributed by atoms with Crippen LogP contribution < -0.4 is 0 Å². The molecule has 0 bridgehead atoms. The summed E-state index contributed by atoms with van der Waals surface area (Å²) in [5.41, 5.74) is 0. The third-order valence-electron chi connectivity index (χ3n) is 0.597. The third-order valence-corrected chi connectivity index (χ3v) is 2.20. The molecule has 0 unspecified atom stereocenters. The van der Waals surface area contributed by atoms with Gasteiger partial charge in [0, 0.05) is 6.04 Å². The first kappa shape index (κ1) is 8.60. The maximum atomic E-state index is 8.41. The van der Waals surface area contributed by atoms with Gasteiger partial charge in [-0.25, -0.2) is 0 Å².